The summed E-state index contributed by atoms with van der Waals surface area (Å²) < 4.78 is 0. The first-order valence-electron chi connectivity index (χ1n) is 4.47. The Balaban J connectivity index is 3.05. The predicted molar refractivity (Wildman–Crippen MR) is 54.8 cm³/mol. The fourth-order valence-electron chi connectivity index (χ4n) is 1.34. The molecule has 0 aliphatic carbocycles. The van der Waals surface area contributed by atoms with E-state index >= 15 is 0 Å². The molecule has 0 atom stereocenters. The molecule has 1 N–H and O–H groups in total. The Labute approximate surface area is 74.8 Å². The second-order valence-corrected chi connectivity index (χ2v) is 3.28. The van der Waals surface area contributed by atoms with Gasteiger partial charge < -0.3 is 5.32 Å². The van der Waals surface area contributed by atoms with Crippen LogP contribution < -0.4 is 5.32 Å². The summed E-state index contributed by atoms with van der Waals surface area (Å²) in [7, 11) is 0. The molecule has 0 fully saturated rings. The van der Waals surface area contributed by atoms with Crippen LogP contribution in [0, 0.1) is 20.8 Å². The number of nitrogens with one attached hydrogen (secondary N) is 1. The number of hydrogen-bond acceptors (Lipinski definition) is 1. The van der Waals surface area contributed by atoms with E-state index in [4.69, 9.17) is 0 Å². The molecule has 0 saturated heterocycles. The van der Waals surface area contributed by atoms with E-state index in [9.17, 15) is 0 Å². The highest BCUT2D eigenvalue weighted by Crippen LogP contribution is 2.19. The molecule has 1 aromatic carbocycles. The molecule has 66 valence electrons. The lowest BCUT2D eigenvalue weighted by Gasteiger charge is -2.10. The third-order valence-corrected chi connectivity index (χ3v) is 2.21. The lowest BCUT2D eigenvalue weighted by Crippen LogP contribution is -1.99. The van der Waals surface area contributed by atoms with E-state index in [0.717, 1.165) is 6.54 Å². The van der Waals surface area contributed by atoms with E-state index < -0.39 is 0 Å². The zero-order valence-corrected chi connectivity index (χ0v) is 8.36. The van der Waals surface area contributed by atoms with Gasteiger partial charge in [-0.2, -0.15) is 0 Å². The second-order valence-electron chi connectivity index (χ2n) is 3.28. The van der Waals surface area contributed by atoms with Gasteiger partial charge in [0, 0.05) is 12.2 Å². The van der Waals surface area contributed by atoms with Crippen LogP contribution in [0.4, 0.5) is 5.69 Å². The van der Waals surface area contributed by atoms with Gasteiger partial charge >= 0.3 is 0 Å². The molecule has 0 aliphatic rings. The van der Waals surface area contributed by atoms with Crippen LogP contribution in [0.3, 0.4) is 0 Å². The highest BCUT2D eigenvalue weighted by Gasteiger charge is 1.99. The highest BCUT2D eigenvalue weighted by molar-refractivity contribution is 5.54. The molecule has 0 radical (unpaired) electrons. The van der Waals surface area contributed by atoms with Crippen molar-refractivity contribution in [3.8, 4) is 0 Å². The summed E-state index contributed by atoms with van der Waals surface area (Å²) in [6.45, 7) is 9.55. The summed E-state index contributed by atoms with van der Waals surface area (Å²) >= 11 is 0. The molecule has 0 bridgehead atoms. The summed E-state index contributed by atoms with van der Waals surface area (Å²) in [6, 6.07) is 4.45. The summed E-state index contributed by atoms with van der Waals surface area (Å²) in [6.07, 6.45) is 0. The number of rotatable bonds is 2. The molecule has 12 heavy (non-hydrogen) atoms. The van der Waals surface area contributed by atoms with Crippen molar-refractivity contribution in [1.29, 1.82) is 0 Å². The van der Waals surface area contributed by atoms with Crippen molar-refractivity contribution in [2.24, 2.45) is 0 Å². The molecule has 0 aliphatic heterocycles. The van der Waals surface area contributed by atoms with E-state index in [1.807, 2.05) is 0 Å². The first-order valence-corrected chi connectivity index (χ1v) is 4.47. The van der Waals surface area contributed by atoms with Gasteiger partial charge in [0.2, 0.25) is 0 Å². The van der Waals surface area contributed by atoms with Crippen molar-refractivity contribution in [3.05, 3.63) is 28.8 Å². The van der Waals surface area contributed by atoms with Gasteiger partial charge in [0.05, 0.1) is 0 Å². The van der Waals surface area contributed by atoms with Gasteiger partial charge in [-0.05, 0) is 50.5 Å². The third-order valence-electron chi connectivity index (χ3n) is 2.21. The normalized spacial score (nSPS) is 10.0. The van der Waals surface area contributed by atoms with Crippen LogP contribution in [0.2, 0.25) is 0 Å². The van der Waals surface area contributed by atoms with Crippen molar-refractivity contribution in [1.82, 2.24) is 0 Å². The van der Waals surface area contributed by atoms with Crippen molar-refractivity contribution >= 4 is 5.69 Å². The topological polar surface area (TPSA) is 12.0 Å². The van der Waals surface area contributed by atoms with Crippen LogP contribution in [0.1, 0.15) is 23.6 Å². The van der Waals surface area contributed by atoms with Crippen LogP contribution >= 0.6 is 0 Å². The van der Waals surface area contributed by atoms with Crippen molar-refractivity contribution < 1.29 is 0 Å². The molecule has 1 rings (SSSR count). The summed E-state index contributed by atoms with van der Waals surface area (Å²) in [4.78, 5) is 0. The molecule has 0 heterocycles. The van der Waals surface area contributed by atoms with Crippen molar-refractivity contribution in [2.75, 3.05) is 11.9 Å². The fraction of sp³-hybridized carbons (Fsp3) is 0.455. The van der Waals surface area contributed by atoms with Crippen LogP contribution in [-0.2, 0) is 0 Å². The van der Waals surface area contributed by atoms with Gasteiger partial charge in [-0.1, -0.05) is 6.07 Å². The smallest absolute Gasteiger partial charge is 0.0372 e. The van der Waals surface area contributed by atoms with Crippen LogP contribution in [0.5, 0.6) is 0 Å². The standard InChI is InChI=1S/C11H17N/c1-5-12-11-7-9(3)8(2)6-10(11)4/h6-7,12H,5H2,1-4H3. The van der Waals surface area contributed by atoms with Crippen molar-refractivity contribution in [2.45, 2.75) is 27.7 Å². The average molecular weight is 163 g/mol. The molecular weight excluding hydrogens is 146 g/mol. The maximum Gasteiger partial charge on any atom is 0.0372 e. The van der Waals surface area contributed by atoms with Gasteiger partial charge in [0.1, 0.15) is 0 Å². The Kier molecular flexibility index (Phi) is 2.74. The second kappa shape index (κ2) is 3.61. The maximum absolute atomic E-state index is 3.34. The third kappa shape index (κ3) is 1.79. The van der Waals surface area contributed by atoms with Gasteiger partial charge in [0.25, 0.3) is 0 Å². The first-order chi connectivity index (χ1) is 5.65. The van der Waals surface area contributed by atoms with E-state index in [1.165, 1.54) is 22.4 Å². The molecule has 0 aromatic heterocycles. The molecule has 0 amide bonds. The summed E-state index contributed by atoms with van der Waals surface area (Å²) in [5.74, 6) is 0. The van der Waals surface area contributed by atoms with E-state index in [-0.39, 0.29) is 0 Å². The van der Waals surface area contributed by atoms with Crippen LogP contribution in [0.25, 0.3) is 0 Å². The van der Waals surface area contributed by atoms with E-state index in [2.05, 4.69) is 45.1 Å². The van der Waals surface area contributed by atoms with Crippen LogP contribution in [0.15, 0.2) is 12.1 Å². The van der Waals surface area contributed by atoms with Crippen molar-refractivity contribution in [3.63, 3.8) is 0 Å². The lowest BCUT2D eigenvalue weighted by molar-refractivity contribution is 1.18. The highest BCUT2D eigenvalue weighted by atomic mass is 14.9. The Morgan fingerprint density at radius 1 is 1.00 bits per heavy atom. The first kappa shape index (κ1) is 9.11. The largest absolute Gasteiger partial charge is 0.385 e. The zero-order chi connectivity index (χ0) is 9.14. The van der Waals surface area contributed by atoms with E-state index in [0.29, 0.717) is 0 Å². The SMILES string of the molecule is CCNc1cc(C)c(C)cc1C. The molecule has 1 nitrogen and oxygen atoms in total. The number of anilines is 1. The minimum absolute atomic E-state index is 0.989. The quantitative estimate of drug-likeness (QED) is 0.706. The Morgan fingerprint density at radius 2 is 1.58 bits per heavy atom. The Bertz CT molecular complexity index is 277. The molecule has 0 spiro atoms. The number of hydrogen-bond donors (Lipinski definition) is 1. The lowest BCUT2D eigenvalue weighted by atomic mass is 10.1. The molecular formula is C11H17N. The predicted octanol–water partition coefficient (Wildman–Crippen LogP) is 3.04. The molecule has 0 unspecified atom stereocenters. The average Bonchev–Trinajstić information content (AvgIpc) is 2.01. The van der Waals surface area contributed by atoms with Crippen LogP contribution in [-0.4, -0.2) is 6.54 Å². The van der Waals surface area contributed by atoms with Gasteiger partial charge in [0.15, 0.2) is 0 Å². The Morgan fingerprint density at radius 3 is 2.17 bits per heavy atom. The number of benzene rings is 1. The Hall–Kier alpha value is -0.980. The van der Waals surface area contributed by atoms with E-state index in [1.54, 1.807) is 0 Å². The van der Waals surface area contributed by atoms with Gasteiger partial charge in [-0.25, -0.2) is 0 Å². The maximum atomic E-state index is 3.34. The fourth-order valence-corrected chi connectivity index (χ4v) is 1.34. The number of aryl methyl sites for hydroxylation is 3. The summed E-state index contributed by atoms with van der Waals surface area (Å²) in [5, 5.41) is 3.34. The van der Waals surface area contributed by atoms with Gasteiger partial charge in [-0.3, -0.25) is 0 Å². The molecule has 1 aromatic rings. The zero-order valence-electron chi connectivity index (χ0n) is 8.36. The molecule has 1 heteroatoms. The minimum Gasteiger partial charge on any atom is -0.385 e. The summed E-state index contributed by atoms with van der Waals surface area (Å²) in [5.41, 5.74) is 5.33. The minimum atomic E-state index is 0.989. The van der Waals surface area contributed by atoms with Gasteiger partial charge in [-0.15, -0.1) is 0 Å². The monoisotopic (exact) mass is 163 g/mol. The molecule has 0 saturated carbocycles.